The van der Waals surface area contributed by atoms with Crippen LogP contribution in [-0.2, 0) is 27.3 Å². The summed E-state index contributed by atoms with van der Waals surface area (Å²) in [5.74, 6) is 0.396. The molecule has 140 valence electrons. The van der Waals surface area contributed by atoms with Crippen molar-refractivity contribution in [2.24, 2.45) is 4.99 Å². The third-order valence-corrected chi connectivity index (χ3v) is 5.87. The van der Waals surface area contributed by atoms with E-state index in [1.54, 1.807) is 16.3 Å². The van der Waals surface area contributed by atoms with Gasteiger partial charge in [-0.2, -0.15) is 4.99 Å². The Kier molecular flexibility index (Phi) is 6.47. The highest BCUT2D eigenvalue weighted by Gasteiger charge is 2.11. The number of hydrogen-bond acceptors (Lipinski definition) is 5. The number of benzene rings is 2. The lowest BCUT2D eigenvalue weighted by atomic mass is 10.1. The number of hydrogen-bond donors (Lipinski definition) is 0. The second-order valence-electron chi connectivity index (χ2n) is 5.77. The number of carbonyl (C=O) groups excluding carboxylic acids is 2. The Morgan fingerprint density at radius 3 is 2.59 bits per heavy atom. The van der Waals surface area contributed by atoms with E-state index in [2.05, 4.69) is 11.9 Å². The molecule has 0 bridgehead atoms. The van der Waals surface area contributed by atoms with Gasteiger partial charge in [0.05, 0.1) is 23.7 Å². The Bertz CT molecular complexity index is 1020. The predicted octanol–water partition coefficient (Wildman–Crippen LogP) is 3.66. The maximum absolute atomic E-state index is 12.5. The zero-order valence-corrected chi connectivity index (χ0v) is 16.8. The summed E-state index contributed by atoms with van der Waals surface area (Å²) in [7, 11) is 1.35. The number of para-hydroxylation sites is 1. The molecule has 0 spiro atoms. The summed E-state index contributed by atoms with van der Waals surface area (Å²) in [6.45, 7) is 2.13. The molecule has 0 aliphatic heterocycles. The first kappa shape index (κ1) is 19.4. The van der Waals surface area contributed by atoms with E-state index < -0.39 is 0 Å². The standard InChI is InChI=1S/C20H20N2O3S2/c1-3-26-15-10-8-14(9-11-15)12-18(23)21-20-22(13-19(24)25-2)16-6-4-5-7-17(16)27-20/h4-11H,3,12-13H2,1-2H3. The Labute approximate surface area is 165 Å². The summed E-state index contributed by atoms with van der Waals surface area (Å²) in [4.78, 5) is 30.2. The van der Waals surface area contributed by atoms with Gasteiger partial charge in [0.25, 0.3) is 5.91 Å². The first-order valence-electron chi connectivity index (χ1n) is 8.55. The molecule has 3 aromatic rings. The SMILES string of the molecule is CCSc1ccc(CC(=O)N=c2sc3ccccc3n2CC(=O)OC)cc1. The number of rotatable bonds is 6. The minimum absolute atomic E-state index is 0.0234. The molecular weight excluding hydrogens is 380 g/mol. The minimum atomic E-state index is -0.378. The molecule has 0 unspecified atom stereocenters. The number of methoxy groups -OCH3 is 1. The third kappa shape index (κ3) is 4.87. The smallest absolute Gasteiger partial charge is 0.325 e. The van der Waals surface area contributed by atoms with Gasteiger partial charge in [-0.05, 0) is 35.6 Å². The van der Waals surface area contributed by atoms with Gasteiger partial charge < -0.3 is 9.30 Å². The normalized spacial score (nSPS) is 11.7. The van der Waals surface area contributed by atoms with E-state index in [1.807, 2.05) is 48.5 Å². The molecule has 1 amide bonds. The first-order valence-corrected chi connectivity index (χ1v) is 10.4. The van der Waals surface area contributed by atoms with E-state index >= 15 is 0 Å². The third-order valence-electron chi connectivity index (χ3n) is 3.91. The fourth-order valence-corrected chi connectivity index (χ4v) is 4.35. The predicted molar refractivity (Wildman–Crippen MR) is 109 cm³/mol. The second-order valence-corrected chi connectivity index (χ2v) is 8.12. The Hall–Kier alpha value is -2.38. The highest BCUT2D eigenvalue weighted by atomic mass is 32.2. The molecule has 27 heavy (non-hydrogen) atoms. The topological polar surface area (TPSA) is 60.7 Å². The number of carbonyl (C=O) groups is 2. The van der Waals surface area contributed by atoms with Crippen molar-refractivity contribution in [3.05, 3.63) is 58.9 Å². The zero-order chi connectivity index (χ0) is 19.2. The molecular formula is C20H20N2O3S2. The number of thioether (sulfide) groups is 1. The van der Waals surface area contributed by atoms with Crippen LogP contribution in [0.1, 0.15) is 12.5 Å². The average molecular weight is 401 g/mol. The van der Waals surface area contributed by atoms with Gasteiger partial charge in [-0.15, -0.1) is 11.8 Å². The maximum atomic E-state index is 12.5. The van der Waals surface area contributed by atoms with Crippen LogP contribution < -0.4 is 4.80 Å². The van der Waals surface area contributed by atoms with Gasteiger partial charge in [-0.1, -0.05) is 42.5 Å². The summed E-state index contributed by atoms with van der Waals surface area (Å²) in [5.41, 5.74) is 1.78. The monoisotopic (exact) mass is 400 g/mol. The molecule has 0 aliphatic carbocycles. The lowest BCUT2D eigenvalue weighted by Gasteiger charge is -2.03. The van der Waals surface area contributed by atoms with Gasteiger partial charge in [0.1, 0.15) is 6.54 Å². The molecule has 0 radical (unpaired) electrons. The minimum Gasteiger partial charge on any atom is -0.468 e. The van der Waals surface area contributed by atoms with Gasteiger partial charge in [-0.25, -0.2) is 0 Å². The van der Waals surface area contributed by atoms with Crippen molar-refractivity contribution in [1.29, 1.82) is 0 Å². The summed E-state index contributed by atoms with van der Waals surface area (Å²) in [6.07, 6.45) is 0.226. The highest BCUT2D eigenvalue weighted by Crippen LogP contribution is 2.19. The summed E-state index contributed by atoms with van der Waals surface area (Å²) < 4.78 is 7.47. The van der Waals surface area contributed by atoms with Gasteiger partial charge in [-0.3, -0.25) is 9.59 Å². The summed E-state index contributed by atoms with van der Waals surface area (Å²) in [5, 5.41) is 0. The van der Waals surface area contributed by atoms with Gasteiger partial charge >= 0.3 is 5.97 Å². The Morgan fingerprint density at radius 1 is 1.15 bits per heavy atom. The van der Waals surface area contributed by atoms with Crippen LogP contribution >= 0.6 is 23.1 Å². The molecule has 0 saturated heterocycles. The lowest BCUT2D eigenvalue weighted by molar-refractivity contribution is -0.141. The lowest BCUT2D eigenvalue weighted by Crippen LogP contribution is -2.22. The van der Waals surface area contributed by atoms with Crippen LogP contribution in [0.25, 0.3) is 10.2 Å². The molecule has 7 heteroatoms. The van der Waals surface area contributed by atoms with E-state index in [4.69, 9.17) is 4.74 Å². The molecule has 0 atom stereocenters. The van der Waals surface area contributed by atoms with Gasteiger partial charge in [0.2, 0.25) is 0 Å². The molecule has 5 nitrogen and oxygen atoms in total. The Balaban J connectivity index is 1.88. The van der Waals surface area contributed by atoms with Gasteiger partial charge in [0, 0.05) is 4.90 Å². The van der Waals surface area contributed by atoms with Crippen molar-refractivity contribution in [2.45, 2.75) is 24.8 Å². The number of fused-ring (bicyclic) bond motifs is 1. The van der Waals surface area contributed by atoms with Crippen molar-refractivity contribution in [3.63, 3.8) is 0 Å². The van der Waals surface area contributed by atoms with Crippen LogP contribution in [0.4, 0.5) is 0 Å². The molecule has 3 rings (SSSR count). The highest BCUT2D eigenvalue weighted by molar-refractivity contribution is 7.99. The molecule has 1 heterocycles. The van der Waals surface area contributed by atoms with E-state index in [0.29, 0.717) is 4.80 Å². The average Bonchev–Trinajstić information content (AvgIpc) is 3.00. The van der Waals surface area contributed by atoms with Gasteiger partial charge in [0.15, 0.2) is 4.80 Å². The quantitative estimate of drug-likeness (QED) is 0.468. The van der Waals surface area contributed by atoms with Crippen LogP contribution in [0.5, 0.6) is 0 Å². The fourth-order valence-electron chi connectivity index (χ4n) is 2.64. The van der Waals surface area contributed by atoms with E-state index in [1.165, 1.54) is 23.3 Å². The van der Waals surface area contributed by atoms with Crippen LogP contribution in [0, 0.1) is 0 Å². The van der Waals surface area contributed by atoms with Crippen molar-refractivity contribution in [2.75, 3.05) is 12.9 Å². The van der Waals surface area contributed by atoms with Crippen LogP contribution in [0.2, 0.25) is 0 Å². The number of aromatic nitrogens is 1. The molecule has 2 aromatic carbocycles. The number of thiazole rings is 1. The molecule has 0 fully saturated rings. The molecule has 0 N–H and O–H groups in total. The molecule has 1 aromatic heterocycles. The molecule has 0 aliphatic rings. The van der Waals surface area contributed by atoms with Crippen molar-refractivity contribution >= 4 is 45.2 Å². The van der Waals surface area contributed by atoms with Crippen molar-refractivity contribution < 1.29 is 14.3 Å². The number of nitrogens with zero attached hydrogens (tertiary/aromatic N) is 2. The summed E-state index contributed by atoms with van der Waals surface area (Å²) in [6, 6.07) is 15.6. The number of esters is 1. The molecule has 0 saturated carbocycles. The van der Waals surface area contributed by atoms with Crippen molar-refractivity contribution in [3.8, 4) is 0 Å². The number of amides is 1. The second kappa shape index (κ2) is 9.01. The van der Waals surface area contributed by atoms with Crippen LogP contribution in [-0.4, -0.2) is 29.3 Å². The maximum Gasteiger partial charge on any atom is 0.325 e. The van der Waals surface area contributed by atoms with Crippen molar-refractivity contribution in [1.82, 2.24) is 4.57 Å². The summed E-state index contributed by atoms with van der Waals surface area (Å²) >= 11 is 3.15. The van der Waals surface area contributed by atoms with E-state index in [9.17, 15) is 9.59 Å². The van der Waals surface area contributed by atoms with Crippen LogP contribution in [0.15, 0.2) is 58.4 Å². The zero-order valence-electron chi connectivity index (χ0n) is 15.2. The largest absolute Gasteiger partial charge is 0.468 e. The van der Waals surface area contributed by atoms with E-state index in [-0.39, 0.29) is 24.8 Å². The van der Waals surface area contributed by atoms with Crippen LogP contribution in [0.3, 0.4) is 0 Å². The Morgan fingerprint density at radius 2 is 1.89 bits per heavy atom. The van der Waals surface area contributed by atoms with E-state index in [0.717, 1.165) is 21.5 Å². The first-order chi connectivity index (χ1) is 13.1. The fraction of sp³-hybridized carbons (Fsp3) is 0.250. The number of ether oxygens (including phenoxy) is 1.